The second-order valence-electron chi connectivity index (χ2n) is 9.52. The van der Waals surface area contributed by atoms with Crippen molar-refractivity contribution in [3.8, 4) is 5.75 Å². The maximum absolute atomic E-state index is 12.8. The summed E-state index contributed by atoms with van der Waals surface area (Å²) in [7, 11) is 0. The lowest BCUT2D eigenvalue weighted by atomic mass is 9.84. The smallest absolute Gasteiger partial charge is 0.406 e. The van der Waals surface area contributed by atoms with Crippen LogP contribution in [0.4, 0.5) is 30.5 Å². The van der Waals surface area contributed by atoms with Crippen molar-refractivity contribution in [1.29, 1.82) is 0 Å². The number of anilines is 3. The van der Waals surface area contributed by atoms with Crippen molar-refractivity contribution in [3.05, 3.63) is 96.1 Å². The van der Waals surface area contributed by atoms with E-state index in [4.69, 9.17) is 9.73 Å². The van der Waals surface area contributed by atoms with Gasteiger partial charge in [0.1, 0.15) is 5.75 Å². The molecular weight excluding hydrogens is 507 g/mol. The molecule has 0 spiro atoms. The molecule has 1 aromatic heterocycles. The molecule has 1 saturated heterocycles. The molecule has 1 N–H and O–H groups in total. The number of alkyl halides is 3. The van der Waals surface area contributed by atoms with Gasteiger partial charge in [-0.3, -0.25) is 4.99 Å². The Labute approximate surface area is 223 Å². The number of fused-ring (bicyclic) bond motifs is 2. The summed E-state index contributed by atoms with van der Waals surface area (Å²) in [6.45, 7) is 1.33. The lowest BCUT2D eigenvalue weighted by molar-refractivity contribution is -0.274. The summed E-state index contributed by atoms with van der Waals surface area (Å²) in [5.41, 5.74) is 5.44. The molecule has 0 bridgehead atoms. The van der Waals surface area contributed by atoms with Gasteiger partial charge < -0.3 is 19.7 Å². The summed E-state index contributed by atoms with van der Waals surface area (Å²) in [5, 5.41) is 3.35. The van der Waals surface area contributed by atoms with E-state index in [2.05, 4.69) is 43.1 Å². The Morgan fingerprint density at radius 3 is 2.46 bits per heavy atom. The fraction of sp³-hybridized carbons (Fsp3) is 0.276. The number of halogens is 3. The number of hydrogen-bond donors (Lipinski definition) is 1. The van der Waals surface area contributed by atoms with E-state index in [-0.39, 0.29) is 17.7 Å². The topological polar surface area (TPSA) is 71.9 Å². The van der Waals surface area contributed by atoms with Gasteiger partial charge in [0.15, 0.2) is 0 Å². The fourth-order valence-electron chi connectivity index (χ4n) is 5.16. The summed E-state index contributed by atoms with van der Waals surface area (Å²) in [6.07, 6.45) is 5.26. The molecule has 1 atom stereocenters. The number of allylic oxidation sites excluding steroid dienone is 2. The highest BCUT2D eigenvalue weighted by Gasteiger charge is 2.34. The van der Waals surface area contributed by atoms with Crippen LogP contribution in [0.25, 0.3) is 0 Å². The van der Waals surface area contributed by atoms with Crippen molar-refractivity contribution in [3.63, 3.8) is 0 Å². The Balaban J connectivity index is 1.42. The third kappa shape index (κ3) is 5.65. The minimum absolute atomic E-state index is 0.00847. The van der Waals surface area contributed by atoms with Gasteiger partial charge in [-0.2, -0.15) is 0 Å². The second-order valence-corrected chi connectivity index (χ2v) is 9.52. The first-order valence-corrected chi connectivity index (χ1v) is 12.8. The minimum atomic E-state index is -4.75. The molecule has 3 aliphatic rings. The van der Waals surface area contributed by atoms with E-state index in [0.29, 0.717) is 19.2 Å². The summed E-state index contributed by atoms with van der Waals surface area (Å²) in [5.74, 6) is 0.209. The van der Waals surface area contributed by atoms with Crippen LogP contribution < -0.4 is 15.0 Å². The third-order valence-corrected chi connectivity index (χ3v) is 6.89. The van der Waals surface area contributed by atoms with Crippen LogP contribution in [0, 0.1) is 5.92 Å². The van der Waals surface area contributed by atoms with E-state index in [0.717, 1.165) is 53.3 Å². The van der Waals surface area contributed by atoms with Gasteiger partial charge in [0.05, 0.1) is 17.5 Å². The Morgan fingerprint density at radius 1 is 0.974 bits per heavy atom. The first kappa shape index (κ1) is 25.1. The van der Waals surface area contributed by atoms with Crippen LogP contribution >= 0.6 is 0 Å². The summed E-state index contributed by atoms with van der Waals surface area (Å²) >= 11 is 0. The molecule has 1 unspecified atom stereocenters. The Kier molecular flexibility index (Phi) is 6.78. The molecule has 6 rings (SSSR count). The van der Waals surface area contributed by atoms with Crippen molar-refractivity contribution in [2.75, 3.05) is 23.4 Å². The highest BCUT2D eigenvalue weighted by atomic mass is 19.4. The van der Waals surface area contributed by atoms with E-state index >= 15 is 0 Å². The lowest BCUT2D eigenvalue weighted by Gasteiger charge is -2.40. The molecule has 3 heterocycles. The van der Waals surface area contributed by atoms with Gasteiger partial charge in [-0.15, -0.1) is 13.2 Å². The summed E-state index contributed by atoms with van der Waals surface area (Å²) in [4.78, 5) is 15.9. The molecule has 10 heteroatoms. The van der Waals surface area contributed by atoms with Gasteiger partial charge in [-0.05, 0) is 73.4 Å². The molecule has 39 heavy (non-hydrogen) atoms. The van der Waals surface area contributed by atoms with Gasteiger partial charge >= 0.3 is 6.36 Å². The number of hydrogen-bond acceptors (Lipinski definition) is 7. The molecule has 0 saturated carbocycles. The van der Waals surface area contributed by atoms with Crippen molar-refractivity contribution in [2.45, 2.75) is 31.7 Å². The van der Waals surface area contributed by atoms with E-state index in [1.807, 2.05) is 18.2 Å². The Bertz CT molecular complexity index is 1410. The number of aromatic nitrogens is 2. The molecule has 2 aliphatic heterocycles. The van der Waals surface area contributed by atoms with Crippen LogP contribution in [-0.2, 0) is 11.2 Å². The minimum Gasteiger partial charge on any atom is -0.406 e. The summed E-state index contributed by atoms with van der Waals surface area (Å²) < 4.78 is 47.9. The molecule has 2 aromatic carbocycles. The number of rotatable bonds is 5. The highest BCUT2D eigenvalue weighted by Crippen LogP contribution is 2.44. The van der Waals surface area contributed by atoms with Crippen molar-refractivity contribution < 1.29 is 22.6 Å². The zero-order valence-corrected chi connectivity index (χ0v) is 20.9. The zero-order valence-electron chi connectivity index (χ0n) is 20.9. The average Bonchev–Trinajstić information content (AvgIpc) is 2.93. The second kappa shape index (κ2) is 10.5. The molecule has 0 amide bonds. The maximum Gasteiger partial charge on any atom is 0.573 e. The van der Waals surface area contributed by atoms with Gasteiger partial charge in [0.2, 0.25) is 5.95 Å². The van der Waals surface area contributed by atoms with Gasteiger partial charge in [-0.1, -0.05) is 18.2 Å². The van der Waals surface area contributed by atoms with Crippen LogP contribution in [0.2, 0.25) is 0 Å². The lowest BCUT2D eigenvalue weighted by Crippen LogP contribution is -2.34. The standard InChI is InChI=1S/C29H26F3N5O2/c30-29(31,32)39-23-8-6-22(7-9-23)37-26-5-2-1-4-19(26)16-20-17-24(36-28-33-12-3-13-34-28)25(18-27(20)37)35-21-10-14-38-15-11-21/h1-9,12-13,17-18,20-21H,10-11,14-16H2,(H,33,34,36). The van der Waals surface area contributed by atoms with Crippen molar-refractivity contribution in [2.24, 2.45) is 10.9 Å². The predicted octanol–water partition coefficient (Wildman–Crippen LogP) is 6.20. The number of para-hydroxylation sites is 1. The monoisotopic (exact) mass is 533 g/mol. The van der Waals surface area contributed by atoms with Gasteiger partial charge in [0.25, 0.3) is 0 Å². The van der Waals surface area contributed by atoms with E-state index in [1.165, 1.54) is 12.1 Å². The third-order valence-electron chi connectivity index (χ3n) is 6.89. The van der Waals surface area contributed by atoms with Crippen LogP contribution in [0.5, 0.6) is 5.75 Å². The SMILES string of the molecule is FC(F)(F)Oc1ccc(N2C3=CC(=NC4CCOCC4)C(Nc4ncccn4)=CC3Cc3ccccc32)cc1. The van der Waals surface area contributed by atoms with Crippen LogP contribution in [0.3, 0.4) is 0 Å². The van der Waals surface area contributed by atoms with Crippen LogP contribution in [-0.4, -0.2) is 41.3 Å². The predicted molar refractivity (Wildman–Crippen MR) is 142 cm³/mol. The number of benzene rings is 2. The van der Waals surface area contributed by atoms with Gasteiger partial charge in [-0.25, -0.2) is 9.97 Å². The number of aliphatic imine (C=N–C) groups is 1. The largest absolute Gasteiger partial charge is 0.573 e. The molecule has 1 aliphatic carbocycles. The average molecular weight is 534 g/mol. The quantitative estimate of drug-likeness (QED) is 0.421. The zero-order chi connectivity index (χ0) is 26.8. The number of nitrogens with zero attached hydrogens (tertiary/aromatic N) is 4. The van der Waals surface area contributed by atoms with Crippen LogP contribution in [0.1, 0.15) is 18.4 Å². The number of nitrogens with one attached hydrogen (secondary N) is 1. The van der Waals surface area contributed by atoms with Crippen LogP contribution in [0.15, 0.2) is 95.5 Å². The molecule has 3 aromatic rings. The van der Waals surface area contributed by atoms with Crippen molar-refractivity contribution in [1.82, 2.24) is 9.97 Å². The van der Waals surface area contributed by atoms with E-state index in [9.17, 15) is 13.2 Å². The van der Waals surface area contributed by atoms with Gasteiger partial charge in [0, 0.05) is 48.6 Å². The Morgan fingerprint density at radius 2 is 1.72 bits per heavy atom. The number of ether oxygens (including phenoxy) is 2. The molecule has 1 fully saturated rings. The molecular formula is C29H26F3N5O2. The van der Waals surface area contributed by atoms with Crippen molar-refractivity contribution >= 4 is 23.0 Å². The highest BCUT2D eigenvalue weighted by molar-refractivity contribution is 6.12. The van der Waals surface area contributed by atoms with E-state index < -0.39 is 6.36 Å². The first-order chi connectivity index (χ1) is 18.9. The van der Waals surface area contributed by atoms with E-state index in [1.54, 1.807) is 30.6 Å². The molecule has 0 radical (unpaired) electrons. The summed E-state index contributed by atoms with van der Waals surface area (Å²) in [6, 6.07) is 15.9. The normalized spacial score (nSPS) is 20.5. The Hall–Kier alpha value is -4.18. The molecule has 7 nitrogen and oxygen atoms in total. The maximum atomic E-state index is 12.8. The molecule has 200 valence electrons. The first-order valence-electron chi connectivity index (χ1n) is 12.8. The fourth-order valence-corrected chi connectivity index (χ4v) is 5.16.